The molecule has 6 aliphatic rings. The minimum absolute atomic E-state index is 0.0447. The first-order valence-electron chi connectivity index (χ1n) is 26.9. The number of rotatable bonds is 17. The number of hydrogen-bond acceptors (Lipinski definition) is 25. The van der Waals surface area contributed by atoms with Gasteiger partial charge in [0.25, 0.3) is 0 Å². The van der Waals surface area contributed by atoms with Crippen LogP contribution in [0.3, 0.4) is 0 Å². The van der Waals surface area contributed by atoms with Crippen LogP contribution >= 0.6 is 0 Å². The second-order valence-corrected chi connectivity index (χ2v) is 22.1. The van der Waals surface area contributed by atoms with E-state index >= 15 is 4.79 Å². The van der Waals surface area contributed by atoms with Gasteiger partial charge in [0, 0.05) is 65.2 Å². The molecule has 2 aromatic rings. The summed E-state index contributed by atoms with van der Waals surface area (Å²) in [5.41, 5.74) is -1.63. The molecule has 2 aromatic carbocycles. The Hall–Kier alpha value is -3.81. The topological polar surface area (TPSA) is 353 Å². The molecule has 5 fully saturated rings. The summed E-state index contributed by atoms with van der Waals surface area (Å²) in [4.78, 5) is 41.3. The lowest BCUT2D eigenvalue weighted by molar-refractivity contribution is -0.334. The number of phenolic OH excluding ortho intramolecular Hbond substituents is 2. The number of esters is 1. The summed E-state index contributed by atoms with van der Waals surface area (Å²) in [6, 6.07) is 4.19. The highest BCUT2D eigenvalue weighted by molar-refractivity contribution is 6.11. The summed E-state index contributed by atoms with van der Waals surface area (Å²) in [6.07, 6.45) is -25.6. The van der Waals surface area contributed by atoms with E-state index in [9.17, 15) is 55.5 Å². The van der Waals surface area contributed by atoms with E-state index in [1.165, 1.54) is 60.1 Å². The van der Waals surface area contributed by atoms with Gasteiger partial charge in [-0.15, -0.1) is 0 Å². The number of ether oxygens (including phenoxy) is 13. The number of ketones is 2. The number of benzene rings is 2. The van der Waals surface area contributed by atoms with E-state index in [1.807, 2.05) is 0 Å². The van der Waals surface area contributed by atoms with E-state index in [0.717, 1.165) is 0 Å². The van der Waals surface area contributed by atoms with Gasteiger partial charge in [-0.05, 0) is 78.0 Å². The number of aliphatic hydroxyl groups is 7. The Morgan fingerprint density at radius 3 is 1.85 bits per heavy atom. The zero-order valence-electron chi connectivity index (χ0n) is 45.9. The van der Waals surface area contributed by atoms with Crippen LogP contribution in [0.1, 0.15) is 103 Å². The Kier molecular flexibility index (Phi) is 19.4. The predicted molar refractivity (Wildman–Crippen MR) is 268 cm³/mol. The normalized spacial score (nSPS) is 41.2. The Morgan fingerprint density at radius 1 is 0.709 bits per heavy atom. The smallest absolute Gasteiger partial charge is 0.303 e. The molecule has 0 radical (unpaired) electrons. The van der Waals surface area contributed by atoms with Crippen molar-refractivity contribution in [3.05, 3.63) is 29.3 Å². The van der Waals surface area contributed by atoms with Gasteiger partial charge in [-0.1, -0.05) is 0 Å². The van der Waals surface area contributed by atoms with Gasteiger partial charge in [0.05, 0.1) is 71.5 Å². The molecule has 79 heavy (non-hydrogen) atoms. The van der Waals surface area contributed by atoms with Crippen molar-refractivity contribution < 1.29 is 122 Å². The number of aliphatic hydroxyl groups excluding tert-OH is 6. The van der Waals surface area contributed by atoms with Gasteiger partial charge in [-0.25, -0.2) is 0 Å². The van der Waals surface area contributed by atoms with Crippen molar-refractivity contribution in [3.63, 3.8) is 0 Å². The molecule has 0 bridgehead atoms. The minimum atomic E-state index is -1.95. The number of carbonyl (C=O) groups excluding carboxylic acids is 3. The fraction of sp³-hybridized carbons (Fsp3) is 0.759. The number of methoxy groups -OCH3 is 2. The van der Waals surface area contributed by atoms with Crippen LogP contribution in [-0.4, -0.2) is 225 Å². The Balaban J connectivity index is 1.02. The molecule has 444 valence electrons. The summed E-state index contributed by atoms with van der Waals surface area (Å²) in [5, 5.41) is 99.2. The van der Waals surface area contributed by atoms with E-state index in [2.05, 4.69) is 0 Å². The zero-order valence-corrected chi connectivity index (χ0v) is 45.9. The lowest BCUT2D eigenvalue weighted by atomic mass is 9.75. The highest BCUT2D eigenvalue weighted by atomic mass is 16.7. The van der Waals surface area contributed by atoms with Crippen LogP contribution in [0.4, 0.5) is 0 Å². The molecule has 1 aliphatic carbocycles. The lowest BCUT2D eigenvalue weighted by Crippen LogP contribution is -2.58. The quantitative estimate of drug-likeness (QED) is 0.0983. The van der Waals surface area contributed by atoms with Crippen LogP contribution in [-0.2, 0) is 72.9 Å². The molecule has 5 saturated heterocycles. The van der Waals surface area contributed by atoms with Crippen LogP contribution in [0.15, 0.2) is 18.2 Å². The summed E-state index contributed by atoms with van der Waals surface area (Å²) < 4.78 is 78.1. The average molecular weight is 1130 g/mol. The van der Waals surface area contributed by atoms with Crippen LogP contribution in [0.5, 0.6) is 17.2 Å². The predicted octanol–water partition coefficient (Wildman–Crippen LogP) is 0.667. The lowest BCUT2D eigenvalue weighted by Gasteiger charge is -2.46. The van der Waals surface area contributed by atoms with E-state index in [-0.39, 0.29) is 66.2 Å². The highest BCUT2D eigenvalue weighted by Crippen LogP contribution is 2.46. The zero-order chi connectivity index (χ0) is 57.7. The largest absolute Gasteiger partial charge is 0.507 e. The molecule has 9 N–H and O–H groups in total. The third-order valence-electron chi connectivity index (χ3n) is 16.0. The molecule has 8 rings (SSSR count). The van der Waals surface area contributed by atoms with E-state index in [4.69, 9.17) is 61.6 Å². The summed E-state index contributed by atoms with van der Waals surface area (Å²) in [6.45, 7) is 12.0. The second kappa shape index (κ2) is 25.0. The Morgan fingerprint density at radius 2 is 1.27 bits per heavy atom. The molecule has 0 spiro atoms. The van der Waals surface area contributed by atoms with Crippen molar-refractivity contribution in [1.29, 1.82) is 0 Å². The van der Waals surface area contributed by atoms with E-state index < -0.39 is 182 Å². The van der Waals surface area contributed by atoms with Crippen LogP contribution in [0, 0.1) is 5.92 Å². The monoisotopic (exact) mass is 1130 g/mol. The molecule has 0 amide bonds. The summed E-state index contributed by atoms with van der Waals surface area (Å²) in [5.74, 6) is -4.80. The van der Waals surface area contributed by atoms with Crippen molar-refractivity contribution in [1.82, 2.24) is 0 Å². The van der Waals surface area contributed by atoms with Gasteiger partial charge in [-0.3, -0.25) is 14.4 Å². The number of carbonyl (C=O) groups is 3. The second-order valence-electron chi connectivity index (χ2n) is 22.1. The Bertz CT molecular complexity index is 2440. The third kappa shape index (κ3) is 13.2. The van der Waals surface area contributed by atoms with Crippen molar-refractivity contribution >= 4 is 28.3 Å². The summed E-state index contributed by atoms with van der Waals surface area (Å²) >= 11 is 0. The Labute approximate surface area is 456 Å². The van der Waals surface area contributed by atoms with Gasteiger partial charge in [0.1, 0.15) is 72.2 Å². The average Bonchev–Trinajstić information content (AvgIpc) is 3.41. The maximum atomic E-state index is 15.0. The molecule has 0 aromatic heterocycles. The summed E-state index contributed by atoms with van der Waals surface area (Å²) in [7, 11) is 2.65. The molecule has 0 saturated carbocycles. The number of aromatic hydroxyl groups is 2. The van der Waals surface area contributed by atoms with Crippen molar-refractivity contribution in [3.8, 4) is 17.2 Å². The van der Waals surface area contributed by atoms with Gasteiger partial charge in [-0.2, -0.15) is 0 Å². The van der Waals surface area contributed by atoms with Crippen molar-refractivity contribution in [2.45, 2.75) is 241 Å². The van der Waals surface area contributed by atoms with Crippen molar-refractivity contribution in [2.75, 3.05) is 14.2 Å². The number of Topliss-reactive ketones (excluding diaryl/α,β-unsaturated/α-hetero) is 2. The van der Waals surface area contributed by atoms with Crippen LogP contribution < -0.4 is 4.74 Å². The first kappa shape index (κ1) is 61.3. The number of phenols is 2. The molecule has 25 nitrogen and oxygen atoms in total. The maximum Gasteiger partial charge on any atom is 0.303 e. The van der Waals surface area contributed by atoms with Crippen LogP contribution in [0.25, 0.3) is 10.8 Å². The van der Waals surface area contributed by atoms with Gasteiger partial charge in [0.2, 0.25) is 6.29 Å². The van der Waals surface area contributed by atoms with Gasteiger partial charge in [0.15, 0.2) is 36.7 Å². The molecule has 25 atom stereocenters. The standard InChI is InChI=1S/C54H78O25/c1-20(55)43(59)48(64)51(68-10)30-13-28-11-27-12-29(75-37-18-35(74-26(7)56)50(24(5)72-37)78-36-15-32(58)49(67-9)23(4)71-36)14-31(57)41(27)46(62)42(28)47(63)52(30)79-39-17-33(44(60)22(3)70-39)76-38-16-34(45(61)21(2)69-38)77-40-19-54(8,66)53(65)25(6)73-40/h11-12,14,20-25,30,32-40,43-45,49-53,55,57-62,65-66H,13,15-19H2,1-10H3/t20-,21?,22?,23?,24?,25?,30+,32?,33?,34?,35?,36?,37?,38?,39?,40?,43+,44?,45?,49?,50?,51+,52+,53?,54?/m1/s1. The molecular weight excluding hydrogens is 1050 g/mol. The number of hydrogen-bond donors (Lipinski definition) is 9. The number of fused-ring (bicyclic) bond motifs is 2. The fourth-order valence-electron chi connectivity index (χ4n) is 11.9. The fourth-order valence-corrected chi connectivity index (χ4v) is 11.9. The first-order valence-corrected chi connectivity index (χ1v) is 26.9. The molecular formula is C54H78O25. The molecule has 5 heterocycles. The molecule has 25 heteroatoms. The third-order valence-corrected chi connectivity index (χ3v) is 16.0. The van der Waals surface area contributed by atoms with Gasteiger partial charge >= 0.3 is 5.97 Å². The maximum absolute atomic E-state index is 15.0. The first-order chi connectivity index (χ1) is 37.2. The van der Waals surface area contributed by atoms with E-state index in [1.54, 1.807) is 27.7 Å². The molecule has 20 unspecified atom stereocenters. The van der Waals surface area contributed by atoms with Gasteiger partial charge < -0.3 is 108 Å². The SMILES string of the molecule is COC1C(O)CC(OC2C(C)OC(Oc3cc(O)c4c(O)c5c(cc4c3)C[C@@H]([C@H](OC)C(=O)[C@@H](O)[C@@H](C)O)[C@H](OC3CC(OC4CC(OC6CC(C)(O)C(O)C(C)O6)C(O)C(C)O4)C(O)C(C)O3)C5=O)CC2OC(C)=O)OC1C. The van der Waals surface area contributed by atoms with Crippen molar-refractivity contribution in [2.24, 2.45) is 5.92 Å². The minimum Gasteiger partial charge on any atom is -0.507 e. The highest BCUT2D eigenvalue weighted by Gasteiger charge is 2.52. The van der Waals surface area contributed by atoms with E-state index in [0.29, 0.717) is 0 Å². The molecule has 5 aliphatic heterocycles. The van der Waals surface area contributed by atoms with Crippen LogP contribution in [0.2, 0.25) is 0 Å².